The number of rotatable bonds is 4. The molecule has 1 aromatic heterocycles. The van der Waals surface area contributed by atoms with Crippen LogP contribution in [0.1, 0.15) is 30.4 Å². The Balaban J connectivity index is 1.44. The van der Waals surface area contributed by atoms with Crippen molar-refractivity contribution in [3.8, 4) is 0 Å². The van der Waals surface area contributed by atoms with Crippen LogP contribution in [0.5, 0.6) is 0 Å². The molecule has 27 heavy (non-hydrogen) atoms. The molecule has 1 atom stereocenters. The molecule has 0 bridgehead atoms. The number of hydrogen-bond donors (Lipinski definition) is 1. The molecule has 6 heteroatoms. The van der Waals surface area contributed by atoms with E-state index < -0.39 is 0 Å². The van der Waals surface area contributed by atoms with Crippen LogP contribution < -0.4 is 5.32 Å². The molecule has 2 aliphatic heterocycles. The van der Waals surface area contributed by atoms with Gasteiger partial charge in [0.1, 0.15) is 0 Å². The van der Waals surface area contributed by atoms with E-state index in [1.165, 1.54) is 11.1 Å². The van der Waals surface area contributed by atoms with Crippen molar-refractivity contribution in [2.24, 2.45) is 0 Å². The van der Waals surface area contributed by atoms with Crippen LogP contribution in [-0.4, -0.2) is 64.3 Å². The molecule has 2 aliphatic rings. The monoisotopic (exact) mass is 367 g/mol. The Labute approximate surface area is 161 Å². The molecular formula is C21H29N5O. The average molecular weight is 367 g/mol. The zero-order valence-corrected chi connectivity index (χ0v) is 16.1. The minimum Gasteiger partial charge on any atom is -0.356 e. The molecule has 2 aromatic rings. The Morgan fingerprint density at radius 1 is 1.15 bits per heavy atom. The molecule has 1 aromatic carbocycles. The highest BCUT2D eigenvalue weighted by Gasteiger charge is 2.40. The molecule has 144 valence electrons. The van der Waals surface area contributed by atoms with Crippen molar-refractivity contribution in [2.75, 3.05) is 33.2 Å². The lowest BCUT2D eigenvalue weighted by Gasteiger charge is -2.49. The van der Waals surface area contributed by atoms with E-state index in [9.17, 15) is 4.79 Å². The first-order chi connectivity index (χ1) is 13.1. The van der Waals surface area contributed by atoms with Crippen molar-refractivity contribution in [3.63, 3.8) is 0 Å². The summed E-state index contributed by atoms with van der Waals surface area (Å²) in [5.74, 6) is 0.198. The lowest BCUT2D eigenvalue weighted by atomic mass is 9.86. The van der Waals surface area contributed by atoms with E-state index in [0.717, 1.165) is 52.1 Å². The summed E-state index contributed by atoms with van der Waals surface area (Å²) in [6, 6.07) is 10.8. The summed E-state index contributed by atoms with van der Waals surface area (Å²) in [6.45, 7) is 5.72. The molecule has 1 amide bonds. The summed E-state index contributed by atoms with van der Waals surface area (Å²) in [4.78, 5) is 16.8. The molecule has 1 spiro atoms. The maximum absolute atomic E-state index is 11.8. The molecule has 1 unspecified atom stereocenters. The first-order valence-corrected chi connectivity index (χ1v) is 9.89. The van der Waals surface area contributed by atoms with Crippen LogP contribution in [-0.2, 0) is 17.9 Å². The number of likely N-dealkylation sites (N-methyl/N-ethyl adjacent to an activating group) is 1. The summed E-state index contributed by atoms with van der Waals surface area (Å²) >= 11 is 0. The summed E-state index contributed by atoms with van der Waals surface area (Å²) in [7, 11) is 2.22. The van der Waals surface area contributed by atoms with Gasteiger partial charge in [0, 0.05) is 57.1 Å². The molecule has 4 rings (SSSR count). The first-order valence-electron chi connectivity index (χ1n) is 9.89. The predicted octanol–water partition coefficient (Wildman–Crippen LogP) is 1.72. The highest BCUT2D eigenvalue weighted by Crippen LogP contribution is 2.31. The highest BCUT2D eigenvalue weighted by molar-refractivity contribution is 5.76. The van der Waals surface area contributed by atoms with Crippen LogP contribution in [0.25, 0.3) is 0 Å². The molecule has 3 heterocycles. The first kappa shape index (κ1) is 18.2. The number of nitrogens with zero attached hydrogens (tertiary/aromatic N) is 4. The molecule has 0 aliphatic carbocycles. The third-order valence-electron chi connectivity index (χ3n) is 6.11. The minimum atomic E-state index is 0.115. The van der Waals surface area contributed by atoms with Gasteiger partial charge in [-0.25, -0.2) is 0 Å². The molecular weight excluding hydrogens is 338 g/mol. The number of nitrogens with one attached hydrogen (secondary N) is 1. The Morgan fingerprint density at radius 3 is 2.81 bits per heavy atom. The van der Waals surface area contributed by atoms with Gasteiger partial charge in [0.2, 0.25) is 5.91 Å². The van der Waals surface area contributed by atoms with Crippen LogP contribution in [0, 0.1) is 0 Å². The van der Waals surface area contributed by atoms with E-state index in [0.29, 0.717) is 6.42 Å². The lowest BCUT2D eigenvalue weighted by Crippen LogP contribution is -2.60. The zero-order valence-electron chi connectivity index (χ0n) is 16.1. The number of piperazine rings is 1. The Morgan fingerprint density at radius 2 is 2.00 bits per heavy atom. The van der Waals surface area contributed by atoms with Crippen molar-refractivity contribution >= 4 is 5.91 Å². The van der Waals surface area contributed by atoms with Crippen LogP contribution in [0.2, 0.25) is 0 Å². The molecule has 2 fully saturated rings. The van der Waals surface area contributed by atoms with Gasteiger partial charge in [-0.15, -0.1) is 0 Å². The molecule has 6 nitrogen and oxygen atoms in total. The van der Waals surface area contributed by atoms with Gasteiger partial charge in [0.15, 0.2) is 0 Å². The SMILES string of the molecule is CN1CCN(Cc2cccc(Cn3cccn3)c2)CC12CCNC(=O)CC2. The Bertz CT molecular complexity index is 775. The van der Waals surface area contributed by atoms with Gasteiger partial charge in [-0.05, 0) is 37.1 Å². The molecule has 1 N–H and O–H groups in total. The predicted molar refractivity (Wildman–Crippen MR) is 105 cm³/mol. The van der Waals surface area contributed by atoms with Gasteiger partial charge in [0.25, 0.3) is 0 Å². The second-order valence-corrected chi connectivity index (χ2v) is 7.98. The maximum atomic E-state index is 11.8. The van der Waals surface area contributed by atoms with Crippen molar-refractivity contribution < 1.29 is 4.79 Å². The van der Waals surface area contributed by atoms with E-state index in [-0.39, 0.29) is 11.4 Å². The van der Waals surface area contributed by atoms with E-state index >= 15 is 0 Å². The minimum absolute atomic E-state index is 0.115. The third-order valence-corrected chi connectivity index (χ3v) is 6.11. The van der Waals surface area contributed by atoms with Crippen molar-refractivity contribution in [1.82, 2.24) is 24.9 Å². The van der Waals surface area contributed by atoms with Gasteiger partial charge in [-0.3, -0.25) is 19.3 Å². The van der Waals surface area contributed by atoms with Gasteiger partial charge in [0.05, 0.1) is 6.54 Å². The third kappa shape index (κ3) is 4.22. The number of hydrogen-bond acceptors (Lipinski definition) is 4. The number of amides is 1. The summed E-state index contributed by atoms with van der Waals surface area (Å²) in [5, 5.41) is 7.34. The van der Waals surface area contributed by atoms with Gasteiger partial charge >= 0.3 is 0 Å². The van der Waals surface area contributed by atoms with Crippen LogP contribution in [0.4, 0.5) is 0 Å². The number of carbonyl (C=O) groups is 1. The van der Waals surface area contributed by atoms with Gasteiger partial charge in [-0.1, -0.05) is 24.3 Å². The van der Waals surface area contributed by atoms with E-state index in [1.54, 1.807) is 0 Å². The zero-order chi connectivity index (χ0) is 18.7. The normalized spacial score (nSPS) is 24.7. The van der Waals surface area contributed by atoms with E-state index in [2.05, 4.69) is 51.5 Å². The fraction of sp³-hybridized carbons (Fsp3) is 0.524. The molecule has 0 saturated carbocycles. The quantitative estimate of drug-likeness (QED) is 0.894. The Kier molecular flexibility index (Phi) is 5.27. The van der Waals surface area contributed by atoms with Gasteiger partial charge < -0.3 is 5.32 Å². The van der Waals surface area contributed by atoms with E-state index in [4.69, 9.17) is 0 Å². The fourth-order valence-electron chi connectivity index (χ4n) is 4.48. The van der Waals surface area contributed by atoms with Crippen molar-refractivity contribution in [3.05, 3.63) is 53.9 Å². The smallest absolute Gasteiger partial charge is 0.220 e. The maximum Gasteiger partial charge on any atom is 0.220 e. The summed E-state index contributed by atoms with van der Waals surface area (Å²) < 4.78 is 1.96. The fourth-order valence-corrected chi connectivity index (χ4v) is 4.48. The molecule has 2 saturated heterocycles. The number of benzene rings is 1. The second-order valence-electron chi connectivity index (χ2n) is 7.98. The molecule has 0 radical (unpaired) electrons. The lowest BCUT2D eigenvalue weighted by molar-refractivity contribution is -0.121. The van der Waals surface area contributed by atoms with Crippen LogP contribution >= 0.6 is 0 Å². The largest absolute Gasteiger partial charge is 0.356 e. The van der Waals surface area contributed by atoms with Crippen molar-refractivity contribution in [2.45, 2.75) is 37.9 Å². The highest BCUT2D eigenvalue weighted by atomic mass is 16.1. The average Bonchev–Trinajstić information content (AvgIpc) is 3.09. The topological polar surface area (TPSA) is 53.4 Å². The van der Waals surface area contributed by atoms with Gasteiger partial charge in [-0.2, -0.15) is 5.10 Å². The van der Waals surface area contributed by atoms with E-state index in [1.807, 2.05) is 23.1 Å². The van der Waals surface area contributed by atoms with Crippen LogP contribution in [0.15, 0.2) is 42.7 Å². The Hall–Kier alpha value is -2.18. The summed E-state index contributed by atoms with van der Waals surface area (Å²) in [6.07, 6.45) is 6.44. The van der Waals surface area contributed by atoms with Crippen molar-refractivity contribution in [1.29, 1.82) is 0 Å². The standard InChI is InChI=1S/C21H29N5O/c1-24-12-13-25(17-21(24)7-6-20(27)22-10-8-21)15-18-4-2-5-19(14-18)16-26-11-3-9-23-26/h2-5,9,11,14H,6-8,10,12-13,15-17H2,1H3,(H,22,27). The second kappa shape index (κ2) is 7.82. The summed E-state index contributed by atoms with van der Waals surface area (Å²) in [5.41, 5.74) is 2.75. The van der Waals surface area contributed by atoms with Crippen LogP contribution in [0.3, 0.4) is 0 Å². The number of aromatic nitrogens is 2. The number of carbonyl (C=O) groups excluding carboxylic acids is 1.